The van der Waals surface area contributed by atoms with Gasteiger partial charge in [0.25, 0.3) is 0 Å². The molecule has 0 spiro atoms. The van der Waals surface area contributed by atoms with Crippen molar-refractivity contribution in [1.29, 1.82) is 0 Å². The van der Waals surface area contributed by atoms with E-state index in [-0.39, 0.29) is 12.7 Å². The number of nitrogens with zero attached hydrogens (tertiary/aromatic N) is 1. The zero-order valence-corrected chi connectivity index (χ0v) is 10.9. The molecule has 0 radical (unpaired) electrons. The Labute approximate surface area is 114 Å². The molecule has 98 valence electrons. The average molecular weight is 276 g/mol. The molecule has 1 aliphatic heterocycles. The number of ether oxygens (including phenoxy) is 2. The van der Waals surface area contributed by atoms with Gasteiger partial charge in [-0.3, -0.25) is 4.79 Å². The van der Waals surface area contributed by atoms with Crippen LogP contribution in [-0.2, 0) is 17.8 Å². The first-order chi connectivity index (χ1) is 9.31. The fourth-order valence-electron chi connectivity index (χ4n) is 1.80. The molecule has 0 saturated carbocycles. The molecule has 0 atom stereocenters. The summed E-state index contributed by atoms with van der Waals surface area (Å²) in [6, 6.07) is 5.65. The molecule has 0 fully saturated rings. The Morgan fingerprint density at radius 3 is 3.11 bits per heavy atom. The maximum atomic E-state index is 11.7. The van der Waals surface area contributed by atoms with Gasteiger partial charge < -0.3 is 14.8 Å². The first-order valence-corrected chi connectivity index (χ1v) is 6.78. The van der Waals surface area contributed by atoms with Gasteiger partial charge >= 0.3 is 0 Å². The molecule has 1 N–H and O–H groups in total. The van der Waals surface area contributed by atoms with Crippen LogP contribution in [0.15, 0.2) is 29.1 Å². The number of amides is 1. The number of benzene rings is 1. The van der Waals surface area contributed by atoms with E-state index in [1.807, 2.05) is 23.6 Å². The van der Waals surface area contributed by atoms with Crippen LogP contribution in [0.3, 0.4) is 0 Å². The number of carbonyl (C=O) groups excluding carboxylic acids is 1. The van der Waals surface area contributed by atoms with Gasteiger partial charge in [0.05, 0.1) is 17.6 Å². The van der Waals surface area contributed by atoms with Gasteiger partial charge in [0.2, 0.25) is 12.7 Å². The van der Waals surface area contributed by atoms with Crippen LogP contribution in [0.1, 0.15) is 11.3 Å². The summed E-state index contributed by atoms with van der Waals surface area (Å²) < 4.78 is 10.5. The maximum absolute atomic E-state index is 11.7. The van der Waals surface area contributed by atoms with Crippen LogP contribution in [0, 0.1) is 0 Å². The summed E-state index contributed by atoms with van der Waals surface area (Å²) in [7, 11) is 0. The summed E-state index contributed by atoms with van der Waals surface area (Å²) in [5, 5.41) is 4.73. The zero-order chi connectivity index (χ0) is 13.1. The third kappa shape index (κ3) is 2.85. The Bertz CT molecular complexity index is 584. The second kappa shape index (κ2) is 5.27. The summed E-state index contributed by atoms with van der Waals surface area (Å²) in [5.74, 6) is 1.44. The highest BCUT2D eigenvalue weighted by Gasteiger charge is 2.13. The third-order valence-electron chi connectivity index (χ3n) is 2.75. The van der Waals surface area contributed by atoms with Gasteiger partial charge in [-0.1, -0.05) is 6.07 Å². The van der Waals surface area contributed by atoms with Crippen molar-refractivity contribution in [3.05, 3.63) is 40.3 Å². The van der Waals surface area contributed by atoms with Crippen molar-refractivity contribution >= 4 is 17.2 Å². The lowest BCUT2D eigenvalue weighted by molar-refractivity contribution is -0.120. The number of hydrogen-bond donors (Lipinski definition) is 1. The predicted octanol–water partition coefficient (Wildman–Crippen LogP) is 1.73. The molecule has 0 unspecified atom stereocenters. The molecule has 3 rings (SSSR count). The number of thiazole rings is 1. The Balaban J connectivity index is 1.56. The first-order valence-electron chi connectivity index (χ1n) is 5.83. The molecule has 0 aliphatic carbocycles. The maximum Gasteiger partial charge on any atom is 0.231 e. The lowest BCUT2D eigenvalue weighted by Crippen LogP contribution is -2.24. The molecule has 5 nitrogen and oxygen atoms in total. The molecular weight excluding hydrogens is 264 g/mol. The summed E-state index contributed by atoms with van der Waals surface area (Å²) >= 11 is 1.49. The van der Waals surface area contributed by atoms with E-state index in [0.29, 0.717) is 13.0 Å². The van der Waals surface area contributed by atoms with Crippen molar-refractivity contribution in [3.63, 3.8) is 0 Å². The standard InChI is InChI=1S/C13H12N2O3S/c16-13(4-10-6-19-7-15-10)14-5-9-1-2-11-12(3-9)18-8-17-11/h1-3,6-7H,4-5,8H2,(H,14,16). The summed E-state index contributed by atoms with van der Waals surface area (Å²) in [6.45, 7) is 0.731. The van der Waals surface area contributed by atoms with E-state index in [1.54, 1.807) is 5.51 Å². The van der Waals surface area contributed by atoms with Gasteiger partial charge in [-0.15, -0.1) is 11.3 Å². The molecule has 1 aliphatic rings. The minimum absolute atomic E-state index is 0.0384. The van der Waals surface area contributed by atoms with Crippen molar-refractivity contribution in [2.24, 2.45) is 0 Å². The molecule has 19 heavy (non-hydrogen) atoms. The number of fused-ring (bicyclic) bond motifs is 1. The minimum atomic E-state index is -0.0384. The highest BCUT2D eigenvalue weighted by atomic mass is 32.1. The van der Waals surface area contributed by atoms with E-state index < -0.39 is 0 Å². The Kier molecular flexibility index (Phi) is 3.33. The minimum Gasteiger partial charge on any atom is -0.454 e. The molecular formula is C13H12N2O3S. The fourth-order valence-corrected chi connectivity index (χ4v) is 2.36. The SMILES string of the molecule is O=C(Cc1cscn1)NCc1ccc2c(c1)OCO2. The summed E-state index contributed by atoms with van der Waals surface area (Å²) in [6.07, 6.45) is 0.314. The Morgan fingerprint density at radius 1 is 1.37 bits per heavy atom. The molecule has 6 heteroatoms. The lowest BCUT2D eigenvalue weighted by atomic mass is 10.2. The number of hydrogen-bond acceptors (Lipinski definition) is 5. The van der Waals surface area contributed by atoms with E-state index in [2.05, 4.69) is 10.3 Å². The number of rotatable bonds is 4. The highest BCUT2D eigenvalue weighted by Crippen LogP contribution is 2.32. The smallest absolute Gasteiger partial charge is 0.231 e. The van der Waals surface area contributed by atoms with Crippen molar-refractivity contribution in [2.45, 2.75) is 13.0 Å². The van der Waals surface area contributed by atoms with Crippen LogP contribution in [-0.4, -0.2) is 17.7 Å². The third-order valence-corrected chi connectivity index (χ3v) is 3.39. The number of carbonyl (C=O) groups is 1. The van der Waals surface area contributed by atoms with Gasteiger partial charge in [-0.25, -0.2) is 4.98 Å². The highest BCUT2D eigenvalue weighted by molar-refractivity contribution is 7.07. The van der Waals surface area contributed by atoms with Crippen molar-refractivity contribution < 1.29 is 14.3 Å². The van der Waals surface area contributed by atoms with Crippen molar-refractivity contribution in [3.8, 4) is 11.5 Å². The predicted molar refractivity (Wildman–Crippen MR) is 70.2 cm³/mol. The van der Waals surface area contributed by atoms with Crippen molar-refractivity contribution in [1.82, 2.24) is 10.3 Å². The van der Waals surface area contributed by atoms with Gasteiger partial charge in [0.15, 0.2) is 11.5 Å². The average Bonchev–Trinajstić information content (AvgIpc) is 3.06. The van der Waals surface area contributed by atoms with Crippen LogP contribution in [0.4, 0.5) is 0 Å². The molecule has 0 saturated heterocycles. The van der Waals surface area contributed by atoms with Gasteiger partial charge in [-0.2, -0.15) is 0 Å². The van der Waals surface area contributed by atoms with E-state index >= 15 is 0 Å². The van der Waals surface area contributed by atoms with Crippen molar-refractivity contribution in [2.75, 3.05) is 6.79 Å². The monoisotopic (exact) mass is 276 g/mol. The Hall–Kier alpha value is -2.08. The van der Waals surface area contributed by atoms with E-state index in [4.69, 9.17) is 9.47 Å². The topological polar surface area (TPSA) is 60.5 Å². The second-order valence-electron chi connectivity index (χ2n) is 4.12. The first kappa shape index (κ1) is 12.0. The molecule has 2 aromatic rings. The molecule has 1 aromatic heterocycles. The lowest BCUT2D eigenvalue weighted by Gasteiger charge is -2.05. The van der Waals surface area contributed by atoms with E-state index in [9.17, 15) is 4.79 Å². The van der Waals surface area contributed by atoms with Gasteiger partial charge in [0.1, 0.15) is 0 Å². The van der Waals surface area contributed by atoms with Crippen LogP contribution >= 0.6 is 11.3 Å². The number of aromatic nitrogens is 1. The molecule has 1 amide bonds. The summed E-state index contributed by atoms with van der Waals surface area (Å²) in [5.41, 5.74) is 3.50. The van der Waals surface area contributed by atoms with Crippen LogP contribution < -0.4 is 14.8 Å². The molecule has 0 bridgehead atoms. The van der Waals surface area contributed by atoms with E-state index in [0.717, 1.165) is 22.8 Å². The van der Waals surface area contributed by atoms with Gasteiger partial charge in [-0.05, 0) is 17.7 Å². The quantitative estimate of drug-likeness (QED) is 0.924. The molecule has 2 heterocycles. The zero-order valence-electron chi connectivity index (χ0n) is 10.1. The van der Waals surface area contributed by atoms with Gasteiger partial charge in [0, 0.05) is 11.9 Å². The summed E-state index contributed by atoms with van der Waals surface area (Å²) in [4.78, 5) is 15.8. The largest absolute Gasteiger partial charge is 0.454 e. The fraction of sp³-hybridized carbons (Fsp3) is 0.231. The van der Waals surface area contributed by atoms with Crippen LogP contribution in [0.25, 0.3) is 0 Å². The second-order valence-corrected chi connectivity index (χ2v) is 4.84. The van der Waals surface area contributed by atoms with Crippen LogP contribution in [0.5, 0.6) is 11.5 Å². The van der Waals surface area contributed by atoms with Crippen LogP contribution in [0.2, 0.25) is 0 Å². The number of nitrogens with one attached hydrogen (secondary N) is 1. The normalized spacial score (nSPS) is 12.4. The Morgan fingerprint density at radius 2 is 2.26 bits per heavy atom. The van der Waals surface area contributed by atoms with E-state index in [1.165, 1.54) is 11.3 Å². The molecule has 1 aromatic carbocycles.